The highest BCUT2D eigenvalue weighted by Crippen LogP contribution is 2.21. The summed E-state index contributed by atoms with van der Waals surface area (Å²) in [4.78, 5) is 23.7. The molecule has 5 heteroatoms. The van der Waals surface area contributed by atoms with Crippen LogP contribution in [-0.4, -0.2) is 26.0 Å². The molecule has 1 atom stereocenters. The van der Waals surface area contributed by atoms with Crippen LogP contribution in [0.2, 0.25) is 0 Å². The Hall–Kier alpha value is -2.82. The molecular formula is C17H18N2O3. The smallest absolute Gasteiger partial charge is 0.332 e. The van der Waals surface area contributed by atoms with E-state index < -0.39 is 12.0 Å². The summed E-state index contributed by atoms with van der Waals surface area (Å²) < 4.78 is 4.86. The first-order valence-electron chi connectivity index (χ1n) is 6.87. The minimum atomic E-state index is -0.633. The van der Waals surface area contributed by atoms with Crippen molar-refractivity contribution in [2.45, 2.75) is 6.04 Å². The van der Waals surface area contributed by atoms with E-state index in [9.17, 15) is 9.59 Å². The quantitative estimate of drug-likeness (QED) is 0.832. The molecule has 0 aromatic heterocycles. The van der Waals surface area contributed by atoms with Gasteiger partial charge in [-0.15, -0.1) is 0 Å². The highest BCUT2D eigenvalue weighted by molar-refractivity contribution is 5.95. The number of rotatable bonds is 5. The van der Waals surface area contributed by atoms with Gasteiger partial charge in [-0.25, -0.2) is 4.79 Å². The lowest BCUT2D eigenvalue weighted by atomic mass is 10.1. The third-order valence-corrected chi connectivity index (χ3v) is 3.23. The van der Waals surface area contributed by atoms with Gasteiger partial charge in [0.1, 0.15) is 0 Å². The second kappa shape index (κ2) is 7.26. The first-order chi connectivity index (χ1) is 10.7. The highest BCUT2D eigenvalue weighted by atomic mass is 16.5. The van der Waals surface area contributed by atoms with Crippen molar-refractivity contribution in [3.63, 3.8) is 0 Å². The zero-order chi connectivity index (χ0) is 15.9. The zero-order valence-corrected chi connectivity index (χ0v) is 12.5. The summed E-state index contributed by atoms with van der Waals surface area (Å²) in [5.74, 6) is -0.575. The molecule has 2 rings (SSSR count). The number of methoxy groups -OCH3 is 1. The molecule has 2 N–H and O–H groups in total. The Labute approximate surface area is 129 Å². The van der Waals surface area contributed by atoms with Crippen LogP contribution in [0.5, 0.6) is 0 Å². The van der Waals surface area contributed by atoms with E-state index in [1.165, 1.54) is 7.11 Å². The minimum Gasteiger partial charge on any atom is -0.467 e. The molecule has 0 fully saturated rings. The summed E-state index contributed by atoms with van der Waals surface area (Å²) in [6.07, 6.45) is 0. The minimum absolute atomic E-state index is 0.182. The van der Waals surface area contributed by atoms with Gasteiger partial charge in [0, 0.05) is 18.3 Å². The molecule has 0 spiro atoms. The van der Waals surface area contributed by atoms with Crippen molar-refractivity contribution in [2.75, 3.05) is 19.5 Å². The van der Waals surface area contributed by atoms with Crippen molar-refractivity contribution in [3.8, 4) is 0 Å². The fraction of sp³-hybridized carbons (Fsp3) is 0.176. The van der Waals surface area contributed by atoms with Crippen molar-refractivity contribution in [1.82, 2.24) is 5.32 Å². The van der Waals surface area contributed by atoms with Crippen molar-refractivity contribution in [1.29, 1.82) is 0 Å². The Morgan fingerprint density at radius 1 is 1.05 bits per heavy atom. The van der Waals surface area contributed by atoms with E-state index in [1.807, 2.05) is 30.3 Å². The number of carbonyl (C=O) groups excluding carboxylic acids is 2. The Morgan fingerprint density at radius 2 is 1.77 bits per heavy atom. The van der Waals surface area contributed by atoms with E-state index in [4.69, 9.17) is 4.74 Å². The van der Waals surface area contributed by atoms with Crippen LogP contribution in [0.4, 0.5) is 5.69 Å². The molecule has 0 aliphatic carbocycles. The van der Waals surface area contributed by atoms with Crippen LogP contribution in [0.3, 0.4) is 0 Å². The summed E-state index contributed by atoms with van der Waals surface area (Å²) >= 11 is 0. The number of amides is 1. The third-order valence-electron chi connectivity index (χ3n) is 3.23. The third kappa shape index (κ3) is 3.63. The van der Waals surface area contributed by atoms with Crippen molar-refractivity contribution >= 4 is 17.6 Å². The molecule has 5 nitrogen and oxygen atoms in total. The topological polar surface area (TPSA) is 67.4 Å². The highest BCUT2D eigenvalue weighted by Gasteiger charge is 2.21. The van der Waals surface area contributed by atoms with Gasteiger partial charge >= 0.3 is 5.97 Å². The van der Waals surface area contributed by atoms with E-state index in [0.29, 0.717) is 11.3 Å². The van der Waals surface area contributed by atoms with Crippen LogP contribution in [-0.2, 0) is 9.53 Å². The van der Waals surface area contributed by atoms with E-state index >= 15 is 0 Å². The molecule has 114 valence electrons. The van der Waals surface area contributed by atoms with E-state index in [2.05, 4.69) is 10.6 Å². The van der Waals surface area contributed by atoms with Gasteiger partial charge in [-0.3, -0.25) is 4.79 Å². The largest absolute Gasteiger partial charge is 0.467 e. The van der Waals surface area contributed by atoms with Gasteiger partial charge in [0.15, 0.2) is 6.04 Å². The van der Waals surface area contributed by atoms with Crippen LogP contribution >= 0.6 is 0 Å². The number of carbonyl (C=O) groups is 2. The Kier molecular flexibility index (Phi) is 5.14. The lowest BCUT2D eigenvalue weighted by Crippen LogP contribution is -2.23. The Bertz CT molecular complexity index is 656. The van der Waals surface area contributed by atoms with E-state index in [1.54, 1.807) is 31.3 Å². The van der Waals surface area contributed by atoms with Crippen LogP contribution in [0.15, 0.2) is 54.6 Å². The maximum absolute atomic E-state index is 12.0. The predicted octanol–water partition coefficient (Wildman–Crippen LogP) is 2.37. The predicted molar refractivity (Wildman–Crippen MR) is 84.7 cm³/mol. The van der Waals surface area contributed by atoms with Gasteiger partial charge in [0.05, 0.1) is 7.11 Å². The standard InChI is InChI=1S/C17H18N2O3/c1-18-16(20)13-9-6-10-14(11-13)19-15(17(21)22-2)12-7-4-3-5-8-12/h3-11,15,19H,1-2H3,(H,18,20)/t15-/m1/s1. The van der Waals surface area contributed by atoms with Gasteiger partial charge in [-0.1, -0.05) is 36.4 Å². The molecule has 0 bridgehead atoms. The number of nitrogens with one attached hydrogen (secondary N) is 2. The maximum Gasteiger partial charge on any atom is 0.332 e. The SMILES string of the molecule is CNC(=O)c1cccc(N[C@@H](C(=O)OC)c2ccccc2)c1. The summed E-state index contributed by atoms with van der Waals surface area (Å²) in [6.45, 7) is 0. The molecular weight excluding hydrogens is 280 g/mol. The van der Waals surface area contributed by atoms with Crippen LogP contribution in [0, 0.1) is 0 Å². The van der Waals surface area contributed by atoms with Gasteiger partial charge in [-0.05, 0) is 23.8 Å². The lowest BCUT2D eigenvalue weighted by molar-refractivity contribution is -0.141. The second-order valence-electron chi connectivity index (χ2n) is 4.67. The molecule has 0 aliphatic rings. The number of ether oxygens (including phenoxy) is 1. The molecule has 0 aliphatic heterocycles. The number of hydrogen-bond acceptors (Lipinski definition) is 4. The van der Waals surface area contributed by atoms with Crippen LogP contribution in [0.1, 0.15) is 22.0 Å². The van der Waals surface area contributed by atoms with E-state index in [-0.39, 0.29) is 5.91 Å². The molecule has 1 amide bonds. The molecule has 0 radical (unpaired) electrons. The molecule has 0 unspecified atom stereocenters. The lowest BCUT2D eigenvalue weighted by Gasteiger charge is -2.18. The number of esters is 1. The average Bonchev–Trinajstić information content (AvgIpc) is 2.59. The fourth-order valence-corrected chi connectivity index (χ4v) is 2.10. The normalized spacial score (nSPS) is 11.4. The molecule has 0 heterocycles. The summed E-state index contributed by atoms with van der Waals surface area (Å²) in [6, 6.07) is 15.6. The first kappa shape index (κ1) is 15.6. The Balaban J connectivity index is 2.28. The summed E-state index contributed by atoms with van der Waals surface area (Å²) in [5, 5.41) is 5.68. The molecule has 2 aromatic carbocycles. The van der Waals surface area contributed by atoms with Gasteiger partial charge in [-0.2, -0.15) is 0 Å². The van der Waals surface area contributed by atoms with Crippen LogP contribution in [0.25, 0.3) is 0 Å². The van der Waals surface area contributed by atoms with Gasteiger partial charge in [0.2, 0.25) is 0 Å². The summed E-state index contributed by atoms with van der Waals surface area (Å²) in [7, 11) is 2.92. The number of benzene rings is 2. The van der Waals surface area contributed by atoms with E-state index in [0.717, 1.165) is 5.56 Å². The summed E-state index contributed by atoms with van der Waals surface area (Å²) in [5.41, 5.74) is 1.98. The van der Waals surface area contributed by atoms with Crippen molar-refractivity contribution in [2.24, 2.45) is 0 Å². The van der Waals surface area contributed by atoms with Gasteiger partial charge < -0.3 is 15.4 Å². The molecule has 0 saturated carbocycles. The molecule has 2 aromatic rings. The first-order valence-corrected chi connectivity index (χ1v) is 6.87. The zero-order valence-electron chi connectivity index (χ0n) is 12.5. The van der Waals surface area contributed by atoms with Gasteiger partial charge in [0.25, 0.3) is 5.91 Å². The number of anilines is 1. The maximum atomic E-state index is 12.0. The fourth-order valence-electron chi connectivity index (χ4n) is 2.10. The molecule has 0 saturated heterocycles. The number of hydrogen-bond donors (Lipinski definition) is 2. The average molecular weight is 298 g/mol. The monoisotopic (exact) mass is 298 g/mol. The second-order valence-corrected chi connectivity index (χ2v) is 4.67. The molecule has 22 heavy (non-hydrogen) atoms. The van der Waals surface area contributed by atoms with Crippen molar-refractivity contribution < 1.29 is 14.3 Å². The van der Waals surface area contributed by atoms with Crippen molar-refractivity contribution in [3.05, 3.63) is 65.7 Å². The Morgan fingerprint density at radius 3 is 2.41 bits per heavy atom. The van der Waals surface area contributed by atoms with Crippen LogP contribution < -0.4 is 10.6 Å².